The lowest BCUT2D eigenvalue weighted by Gasteiger charge is -2.25. The van der Waals surface area contributed by atoms with Crippen LogP contribution in [0.2, 0.25) is 11.6 Å². The predicted octanol–water partition coefficient (Wildman–Crippen LogP) is -2.36. The molecule has 1 aliphatic rings. The summed E-state index contributed by atoms with van der Waals surface area (Å²) in [7, 11) is 28.5. The molecule has 2 nitrogen and oxygen atoms in total. The molecule has 0 bridgehead atoms. The van der Waals surface area contributed by atoms with Crippen LogP contribution in [0.25, 0.3) is 0 Å². The van der Waals surface area contributed by atoms with Gasteiger partial charge >= 0.3 is 0 Å². The van der Waals surface area contributed by atoms with Crippen LogP contribution in [0.4, 0.5) is 0 Å². The molecule has 0 aromatic carbocycles. The van der Waals surface area contributed by atoms with E-state index in [1.807, 2.05) is 6.92 Å². The van der Waals surface area contributed by atoms with Crippen molar-refractivity contribution in [3.63, 3.8) is 0 Å². The van der Waals surface area contributed by atoms with E-state index in [9.17, 15) is 0 Å². The summed E-state index contributed by atoms with van der Waals surface area (Å²) in [6.45, 7) is 6.54. The first-order valence-electron chi connectivity index (χ1n) is 7.25. The summed E-state index contributed by atoms with van der Waals surface area (Å²) in [6.07, 6.45) is -1.14. The maximum atomic E-state index is 8.42. The Morgan fingerprint density at radius 1 is 1.05 bits per heavy atom. The molecule has 20 heavy (non-hydrogen) atoms. The Hall–Kier alpha value is 0.569. The molecule has 0 aromatic rings. The van der Waals surface area contributed by atoms with Crippen molar-refractivity contribution in [1.82, 2.24) is 0 Å². The van der Waals surface area contributed by atoms with E-state index >= 15 is 0 Å². The van der Waals surface area contributed by atoms with Gasteiger partial charge in [0.1, 0.15) is 0 Å². The molecule has 0 spiro atoms. The van der Waals surface area contributed by atoms with Crippen molar-refractivity contribution in [1.29, 1.82) is 0 Å². The van der Waals surface area contributed by atoms with Crippen molar-refractivity contribution in [2.45, 2.75) is 44.9 Å². The van der Waals surface area contributed by atoms with Crippen molar-refractivity contribution in [3.05, 3.63) is 0 Å². The predicted molar refractivity (Wildman–Crippen MR) is 99.8 cm³/mol. The highest BCUT2D eigenvalue weighted by Crippen LogP contribution is 2.49. The summed E-state index contributed by atoms with van der Waals surface area (Å²) in [6, 6.07) is 0. The summed E-state index contributed by atoms with van der Waals surface area (Å²) in [5.41, 5.74) is 0. The van der Waals surface area contributed by atoms with Crippen LogP contribution in [0, 0.1) is 0 Å². The zero-order chi connectivity index (χ0) is 16.0. The lowest BCUT2D eigenvalue weighted by molar-refractivity contribution is 0.0923. The summed E-state index contributed by atoms with van der Waals surface area (Å²) in [4.78, 5) is 0. The van der Waals surface area contributed by atoms with Crippen LogP contribution in [0.3, 0.4) is 0 Å². The SMILES string of the molecule is CCC(O)CO.[B]B([B])B([B])B(B([B])[B])B1C(C)C1C. The second-order valence-electron chi connectivity index (χ2n) is 5.85. The fraction of sp³-hybridized carbons (Fsp3) is 1.00. The molecule has 1 saturated heterocycles. The van der Waals surface area contributed by atoms with Gasteiger partial charge in [0.25, 0.3) is 0 Å². The summed E-state index contributed by atoms with van der Waals surface area (Å²) in [5.74, 6) is 1.25. The molecule has 3 atom stereocenters. The Bertz CT molecular complexity index is 247. The van der Waals surface area contributed by atoms with Crippen LogP contribution >= 0.6 is 0 Å². The topological polar surface area (TPSA) is 40.5 Å². The molecule has 92 valence electrons. The van der Waals surface area contributed by atoms with Gasteiger partial charge < -0.3 is 10.2 Å². The Kier molecular flexibility index (Phi) is 9.83. The van der Waals surface area contributed by atoms with E-state index in [2.05, 4.69) is 13.8 Å². The van der Waals surface area contributed by atoms with Gasteiger partial charge in [-0.1, -0.05) is 32.4 Å². The molecule has 1 fully saturated rings. The monoisotopic (exact) mass is 256 g/mol. The van der Waals surface area contributed by atoms with Gasteiger partial charge in [-0.15, -0.1) is 0 Å². The van der Waals surface area contributed by atoms with Crippen LogP contribution in [-0.2, 0) is 0 Å². The first kappa shape index (κ1) is 20.6. The number of aliphatic hydroxyl groups excluding tert-OH is 2. The van der Waals surface area contributed by atoms with Gasteiger partial charge in [-0.2, -0.15) is 0 Å². The van der Waals surface area contributed by atoms with Gasteiger partial charge in [-0.3, -0.25) is 0 Å². The maximum absolute atomic E-state index is 8.42. The van der Waals surface area contributed by atoms with Crippen molar-refractivity contribution in [3.8, 4) is 0 Å². The van der Waals surface area contributed by atoms with E-state index < -0.39 is 18.9 Å². The lowest BCUT2D eigenvalue weighted by atomic mass is 8.57. The minimum absolute atomic E-state index is 0.0278. The normalized spacial score (nSPS) is 21.4. The second kappa shape index (κ2) is 9.56. The highest BCUT2D eigenvalue weighted by atomic mass is 16.3. The van der Waals surface area contributed by atoms with E-state index in [0.717, 1.165) is 0 Å². The largest absolute Gasteiger partial charge is 0.394 e. The summed E-state index contributed by atoms with van der Waals surface area (Å²) >= 11 is 0. The van der Waals surface area contributed by atoms with Gasteiger partial charge in [0.15, 0.2) is 0 Å². The number of aliphatic hydroxyl groups is 2. The van der Waals surface area contributed by atoms with Crippen LogP contribution in [-0.4, -0.2) is 93.8 Å². The Labute approximate surface area is 133 Å². The number of hydrogen-bond acceptors (Lipinski definition) is 2. The lowest BCUT2D eigenvalue weighted by Crippen LogP contribution is -2.63. The van der Waals surface area contributed by atoms with Gasteiger partial charge in [0.05, 0.1) is 19.3 Å². The summed E-state index contributed by atoms with van der Waals surface area (Å²) in [5, 5.41) is 16.5. The van der Waals surface area contributed by atoms with Crippen LogP contribution in [0.15, 0.2) is 0 Å². The maximum Gasteiger partial charge on any atom is 0.0962 e. The molecule has 2 N–H and O–H groups in total. The van der Waals surface area contributed by atoms with Crippen LogP contribution < -0.4 is 0 Å². The molecule has 3 unspecified atom stereocenters. The molecule has 10 radical (unpaired) electrons. The molecular weight excluding hydrogens is 236 g/mol. The average Bonchev–Trinajstić information content (AvgIpc) is 2.97. The minimum Gasteiger partial charge on any atom is -0.394 e. The van der Waals surface area contributed by atoms with Gasteiger partial charge in [0.2, 0.25) is 0 Å². The first-order chi connectivity index (χ1) is 9.18. The van der Waals surface area contributed by atoms with Gasteiger partial charge in [-0.05, 0) is 6.42 Å². The van der Waals surface area contributed by atoms with Crippen LogP contribution in [0.5, 0.6) is 0 Å². The molecule has 1 rings (SSSR count). The summed E-state index contributed by atoms with van der Waals surface area (Å²) < 4.78 is 0. The van der Waals surface area contributed by atoms with Crippen LogP contribution in [0.1, 0.15) is 27.2 Å². The minimum atomic E-state index is -0.547. The third-order valence-corrected chi connectivity index (χ3v) is 4.36. The zero-order valence-electron chi connectivity index (χ0n) is 12.8. The van der Waals surface area contributed by atoms with Crippen molar-refractivity contribution < 1.29 is 10.2 Å². The Morgan fingerprint density at radius 2 is 1.50 bits per heavy atom. The molecule has 12 heteroatoms. The standard InChI is InChI=1S/C4H8B10.C4H10O2/c1-3-4(2)10(3)14(12(7)8)13(9)11(5)6;1-2-4(6)3-5/h3-4H,1-2H3;4-6H,2-3H2,1H3. The highest BCUT2D eigenvalue weighted by molar-refractivity contribution is 8.01. The molecule has 0 amide bonds. The second-order valence-corrected chi connectivity index (χ2v) is 5.85. The number of rotatable bonds is 6. The first-order valence-corrected chi connectivity index (χ1v) is 7.25. The van der Waals surface area contributed by atoms with Gasteiger partial charge in [-0.25, -0.2) is 0 Å². The van der Waals surface area contributed by atoms with E-state index in [4.69, 9.17) is 48.9 Å². The number of hydrogen-bond donors (Lipinski definition) is 2. The zero-order valence-corrected chi connectivity index (χ0v) is 12.8. The third-order valence-electron chi connectivity index (χ3n) is 4.36. The fourth-order valence-electron chi connectivity index (χ4n) is 2.56. The van der Waals surface area contributed by atoms with Crippen molar-refractivity contribution in [2.24, 2.45) is 0 Å². The molecule has 0 aliphatic carbocycles. The van der Waals surface area contributed by atoms with Gasteiger partial charge in [0, 0.05) is 64.2 Å². The molecule has 0 saturated carbocycles. The highest BCUT2D eigenvalue weighted by Gasteiger charge is 2.53. The Morgan fingerprint density at radius 3 is 1.65 bits per heavy atom. The van der Waals surface area contributed by atoms with Crippen molar-refractivity contribution >= 4 is 70.8 Å². The fourth-order valence-corrected chi connectivity index (χ4v) is 2.56. The van der Waals surface area contributed by atoms with E-state index in [0.29, 0.717) is 24.7 Å². The van der Waals surface area contributed by atoms with E-state index in [1.54, 1.807) is 0 Å². The third kappa shape index (κ3) is 6.13. The van der Waals surface area contributed by atoms with E-state index in [-0.39, 0.29) is 19.4 Å². The molecule has 1 aliphatic heterocycles. The van der Waals surface area contributed by atoms with E-state index in [1.165, 1.54) is 0 Å². The molecular formula is C8H18B10O2. The average molecular weight is 254 g/mol. The molecule has 1 heterocycles. The smallest absolute Gasteiger partial charge is 0.0962 e. The quantitative estimate of drug-likeness (QED) is 0.521. The Balaban J connectivity index is 0.000000511. The van der Waals surface area contributed by atoms with Crippen molar-refractivity contribution in [2.75, 3.05) is 6.61 Å². The molecule has 0 aromatic heterocycles.